The predicted octanol–water partition coefficient (Wildman–Crippen LogP) is 4.11. The van der Waals surface area contributed by atoms with Crippen LogP contribution in [0.3, 0.4) is 0 Å². The Morgan fingerprint density at radius 1 is 1.23 bits per heavy atom. The predicted molar refractivity (Wildman–Crippen MR) is 82.8 cm³/mol. The summed E-state index contributed by atoms with van der Waals surface area (Å²) in [6, 6.07) is 11.5. The number of hydrogen-bond donors (Lipinski definition) is 1. The Kier molecular flexibility index (Phi) is 3.86. The third kappa shape index (κ3) is 2.97. The van der Waals surface area contributed by atoms with Gasteiger partial charge in [-0.15, -0.1) is 10.2 Å². The smallest absolute Gasteiger partial charge is 0.270 e. The van der Waals surface area contributed by atoms with Crippen molar-refractivity contribution in [2.45, 2.75) is 6.61 Å². The van der Waals surface area contributed by atoms with E-state index in [0.717, 1.165) is 5.56 Å². The Labute approximate surface area is 128 Å². The number of nitro groups is 1. The molecule has 3 aromatic rings. The van der Waals surface area contributed by atoms with Crippen LogP contribution in [-0.2, 0) is 6.61 Å². The number of aliphatic hydroxyl groups excluding tert-OH is 1. The van der Waals surface area contributed by atoms with Crippen LogP contribution in [0.5, 0.6) is 0 Å². The Morgan fingerprint density at radius 3 is 2.86 bits per heavy atom. The first-order chi connectivity index (χ1) is 10.7. The maximum Gasteiger partial charge on any atom is 0.270 e. The van der Waals surface area contributed by atoms with Crippen molar-refractivity contribution >= 4 is 38.1 Å². The number of aliphatic hydroxyl groups is 1. The summed E-state index contributed by atoms with van der Waals surface area (Å²) in [4.78, 5) is 14.6. The number of hydrogen-bond acceptors (Lipinski definition) is 7. The number of aromatic nitrogens is 1. The monoisotopic (exact) mass is 314 g/mol. The van der Waals surface area contributed by atoms with Gasteiger partial charge >= 0.3 is 0 Å². The first-order valence-electron chi connectivity index (χ1n) is 6.32. The Balaban J connectivity index is 1.90. The van der Waals surface area contributed by atoms with Crippen LogP contribution in [-0.4, -0.2) is 15.0 Å². The SMILES string of the molecule is O=[N+]([O-])c1ccc2nc(N=Nc3cccc(CO)c3)sc2c1. The fraction of sp³-hybridized carbons (Fsp3) is 0.0714. The van der Waals surface area contributed by atoms with E-state index in [1.807, 2.05) is 0 Å². The van der Waals surface area contributed by atoms with Gasteiger partial charge in [0, 0.05) is 12.1 Å². The molecule has 2 aromatic carbocycles. The highest BCUT2D eigenvalue weighted by Gasteiger charge is 2.09. The molecule has 0 saturated heterocycles. The molecular weight excluding hydrogens is 304 g/mol. The summed E-state index contributed by atoms with van der Waals surface area (Å²) in [5, 5.41) is 28.4. The summed E-state index contributed by atoms with van der Waals surface area (Å²) in [5.74, 6) is 0. The summed E-state index contributed by atoms with van der Waals surface area (Å²) in [5.41, 5.74) is 2.03. The van der Waals surface area contributed by atoms with Gasteiger partial charge in [-0.25, -0.2) is 4.98 Å². The number of non-ortho nitro benzene ring substituents is 1. The van der Waals surface area contributed by atoms with Gasteiger partial charge in [0.15, 0.2) is 0 Å². The number of nitro benzene ring substituents is 1. The number of nitrogens with zero attached hydrogens (tertiary/aromatic N) is 4. The van der Waals surface area contributed by atoms with Crippen LogP contribution in [0.1, 0.15) is 5.56 Å². The van der Waals surface area contributed by atoms with Crippen LogP contribution in [0.4, 0.5) is 16.5 Å². The van der Waals surface area contributed by atoms with Crippen molar-refractivity contribution < 1.29 is 10.0 Å². The molecule has 0 spiro atoms. The fourth-order valence-electron chi connectivity index (χ4n) is 1.88. The number of fused-ring (bicyclic) bond motifs is 1. The molecule has 0 unspecified atom stereocenters. The van der Waals surface area contributed by atoms with Crippen LogP contribution in [0.25, 0.3) is 10.2 Å². The second kappa shape index (κ2) is 5.96. The quantitative estimate of drug-likeness (QED) is 0.444. The largest absolute Gasteiger partial charge is 0.392 e. The summed E-state index contributed by atoms with van der Waals surface area (Å²) < 4.78 is 0.687. The molecule has 22 heavy (non-hydrogen) atoms. The molecule has 0 amide bonds. The van der Waals surface area contributed by atoms with Gasteiger partial charge in [0.25, 0.3) is 5.69 Å². The van der Waals surface area contributed by atoms with Crippen LogP contribution in [0.2, 0.25) is 0 Å². The first-order valence-corrected chi connectivity index (χ1v) is 7.14. The lowest BCUT2D eigenvalue weighted by Gasteiger charge is -1.95. The second-order valence-electron chi connectivity index (χ2n) is 4.43. The molecule has 3 rings (SSSR count). The van der Waals surface area contributed by atoms with E-state index in [4.69, 9.17) is 5.11 Å². The third-order valence-electron chi connectivity index (χ3n) is 2.92. The number of rotatable bonds is 4. The van der Waals surface area contributed by atoms with E-state index in [-0.39, 0.29) is 12.3 Å². The van der Waals surface area contributed by atoms with Crippen LogP contribution in [0, 0.1) is 10.1 Å². The van der Waals surface area contributed by atoms with Crippen LogP contribution < -0.4 is 0 Å². The molecule has 0 aliphatic carbocycles. The molecule has 8 heteroatoms. The number of benzene rings is 2. The van der Waals surface area contributed by atoms with Crippen molar-refractivity contribution in [3.8, 4) is 0 Å². The van der Waals surface area contributed by atoms with E-state index in [9.17, 15) is 10.1 Å². The topological polar surface area (TPSA) is 101 Å². The molecule has 0 atom stereocenters. The highest BCUT2D eigenvalue weighted by Crippen LogP contribution is 2.31. The minimum atomic E-state index is -0.444. The van der Waals surface area contributed by atoms with Gasteiger partial charge in [-0.3, -0.25) is 10.1 Å². The van der Waals surface area contributed by atoms with Crippen LogP contribution in [0.15, 0.2) is 52.7 Å². The van der Waals surface area contributed by atoms with Crippen molar-refractivity contribution in [3.05, 3.63) is 58.1 Å². The zero-order valence-corrected chi connectivity index (χ0v) is 12.0. The lowest BCUT2D eigenvalue weighted by Crippen LogP contribution is -1.85. The molecule has 1 aromatic heterocycles. The molecule has 7 nitrogen and oxygen atoms in total. The summed E-state index contributed by atoms with van der Waals surface area (Å²) in [6.07, 6.45) is 0. The molecule has 0 aliphatic heterocycles. The van der Waals surface area contributed by atoms with Crippen LogP contribution >= 0.6 is 11.3 Å². The van der Waals surface area contributed by atoms with Gasteiger partial charge in [0.2, 0.25) is 5.13 Å². The third-order valence-corrected chi connectivity index (χ3v) is 3.82. The average Bonchev–Trinajstić information content (AvgIpc) is 2.95. The lowest BCUT2D eigenvalue weighted by atomic mass is 10.2. The molecule has 0 saturated carbocycles. The van der Waals surface area contributed by atoms with Crippen molar-refractivity contribution in [2.75, 3.05) is 0 Å². The molecular formula is C14H10N4O3S. The van der Waals surface area contributed by atoms with E-state index in [0.29, 0.717) is 21.0 Å². The van der Waals surface area contributed by atoms with E-state index in [1.54, 1.807) is 30.3 Å². The molecule has 0 fully saturated rings. The van der Waals surface area contributed by atoms with Crippen molar-refractivity contribution in [2.24, 2.45) is 10.2 Å². The molecule has 1 N–H and O–H groups in total. The van der Waals surface area contributed by atoms with E-state index in [2.05, 4.69) is 15.2 Å². The Hall–Kier alpha value is -2.71. The molecule has 110 valence electrons. The van der Waals surface area contributed by atoms with E-state index < -0.39 is 4.92 Å². The zero-order chi connectivity index (χ0) is 15.5. The molecule has 0 radical (unpaired) electrons. The minimum Gasteiger partial charge on any atom is -0.392 e. The van der Waals surface area contributed by atoms with Gasteiger partial charge in [-0.2, -0.15) is 0 Å². The number of azo groups is 1. The summed E-state index contributed by atoms with van der Waals surface area (Å²) >= 11 is 1.23. The van der Waals surface area contributed by atoms with Crippen molar-refractivity contribution in [3.63, 3.8) is 0 Å². The van der Waals surface area contributed by atoms with E-state index >= 15 is 0 Å². The van der Waals surface area contributed by atoms with Gasteiger partial charge in [0.1, 0.15) is 0 Å². The molecule has 1 heterocycles. The van der Waals surface area contributed by atoms with Gasteiger partial charge in [-0.05, 0) is 23.8 Å². The van der Waals surface area contributed by atoms with Gasteiger partial charge in [0.05, 0.1) is 27.4 Å². The molecule has 0 bridgehead atoms. The van der Waals surface area contributed by atoms with Gasteiger partial charge < -0.3 is 5.11 Å². The summed E-state index contributed by atoms with van der Waals surface area (Å²) in [7, 11) is 0. The van der Waals surface area contributed by atoms with Crippen molar-refractivity contribution in [1.82, 2.24) is 4.98 Å². The fourth-order valence-corrected chi connectivity index (χ4v) is 2.70. The van der Waals surface area contributed by atoms with Crippen molar-refractivity contribution in [1.29, 1.82) is 0 Å². The van der Waals surface area contributed by atoms with Gasteiger partial charge in [-0.1, -0.05) is 23.5 Å². The minimum absolute atomic E-state index is 0.0234. The average molecular weight is 314 g/mol. The zero-order valence-electron chi connectivity index (χ0n) is 11.2. The summed E-state index contributed by atoms with van der Waals surface area (Å²) in [6.45, 7) is -0.0613. The maximum atomic E-state index is 10.7. The Morgan fingerprint density at radius 2 is 2.09 bits per heavy atom. The highest BCUT2D eigenvalue weighted by atomic mass is 32.1. The standard InChI is InChI=1S/C14H10N4O3S/c19-8-9-2-1-3-10(6-9)16-17-14-15-12-5-4-11(18(20)21)7-13(12)22-14/h1-7,19H,8H2. The van der Waals surface area contributed by atoms with E-state index in [1.165, 1.54) is 23.5 Å². The lowest BCUT2D eigenvalue weighted by molar-refractivity contribution is -0.384. The molecule has 0 aliphatic rings. The highest BCUT2D eigenvalue weighted by molar-refractivity contribution is 7.21. The maximum absolute atomic E-state index is 10.7. The second-order valence-corrected chi connectivity index (χ2v) is 5.44. The normalized spacial score (nSPS) is 11.3. The number of thiazole rings is 1. The first kappa shape index (κ1) is 14.2. The Bertz CT molecular complexity index is 875.